The van der Waals surface area contributed by atoms with Gasteiger partial charge in [0.1, 0.15) is 22.7 Å². The number of thioether (sulfide) groups is 1. The lowest BCUT2D eigenvalue weighted by molar-refractivity contribution is -0.156. The smallest absolute Gasteiger partial charge is 0.357 e. The highest BCUT2D eigenvalue weighted by Gasteiger charge is 2.44. The summed E-state index contributed by atoms with van der Waals surface area (Å²) in [7, 11) is 1.28. The fourth-order valence-electron chi connectivity index (χ4n) is 4.08. The molecule has 0 radical (unpaired) electrons. The van der Waals surface area contributed by atoms with E-state index in [1.165, 1.54) is 48.7 Å². The number of rotatable bonds is 7. The third kappa shape index (κ3) is 5.64. The Morgan fingerprint density at radius 1 is 1.33 bits per heavy atom. The van der Waals surface area contributed by atoms with Gasteiger partial charge in [-0.15, -0.1) is 16.4 Å². The monoisotopic (exact) mass is 553 g/mol. The zero-order valence-electron chi connectivity index (χ0n) is 19.8. The first-order valence-electron chi connectivity index (χ1n) is 10.9. The van der Waals surface area contributed by atoms with Gasteiger partial charge in [0.25, 0.3) is 0 Å². The summed E-state index contributed by atoms with van der Waals surface area (Å²) in [5, 5.41) is 20.6. The Labute approximate surface area is 220 Å². The molecule has 4 rings (SSSR count). The van der Waals surface area contributed by atoms with Crippen molar-refractivity contribution < 1.29 is 28.9 Å². The Hall–Kier alpha value is -2.74. The molecule has 1 N–H and O–H groups in total. The summed E-state index contributed by atoms with van der Waals surface area (Å²) in [4.78, 5) is 32.5. The number of aromatic hydroxyl groups is 1. The van der Waals surface area contributed by atoms with E-state index in [0.29, 0.717) is 20.6 Å². The fourth-order valence-corrected chi connectivity index (χ4v) is 6.20. The van der Waals surface area contributed by atoms with Crippen LogP contribution in [0.4, 0.5) is 0 Å². The predicted molar refractivity (Wildman–Crippen MR) is 132 cm³/mol. The molecule has 4 heterocycles. The van der Waals surface area contributed by atoms with E-state index in [4.69, 9.17) is 25.8 Å². The maximum Gasteiger partial charge on any atom is 0.357 e. The molecular weight excluding hydrogens is 530 g/mol. The number of carbonyl (C=O) groups excluding carboxylic acids is 2. The summed E-state index contributed by atoms with van der Waals surface area (Å²) in [5.74, 6) is -1.34. The van der Waals surface area contributed by atoms with E-state index in [9.17, 15) is 14.7 Å². The van der Waals surface area contributed by atoms with Crippen molar-refractivity contribution in [3.05, 3.63) is 34.6 Å². The zero-order valence-corrected chi connectivity index (χ0v) is 22.2. The van der Waals surface area contributed by atoms with Crippen LogP contribution in [0.5, 0.6) is 5.88 Å². The van der Waals surface area contributed by atoms with Crippen molar-refractivity contribution in [2.75, 3.05) is 13.7 Å². The van der Waals surface area contributed by atoms with Gasteiger partial charge in [-0.1, -0.05) is 42.4 Å². The molecule has 3 aromatic heterocycles. The summed E-state index contributed by atoms with van der Waals surface area (Å²) in [6.07, 6.45) is 2.69. The van der Waals surface area contributed by atoms with Crippen LogP contribution in [0.25, 0.3) is 10.7 Å². The first-order valence-corrected chi connectivity index (χ1v) is 13.1. The number of aromatic nitrogens is 5. The highest BCUT2D eigenvalue weighted by Crippen LogP contribution is 2.45. The van der Waals surface area contributed by atoms with Gasteiger partial charge in [-0.3, -0.25) is 4.79 Å². The Morgan fingerprint density at radius 3 is 2.78 bits per heavy atom. The van der Waals surface area contributed by atoms with E-state index in [-0.39, 0.29) is 36.1 Å². The number of nitrogens with zero attached hydrogens (tertiary/aromatic N) is 5. The molecule has 14 heteroatoms. The third-order valence-electron chi connectivity index (χ3n) is 5.82. The minimum Gasteiger partial charge on any atom is -0.493 e. The molecular formula is C22H24ClN5O6S2. The molecule has 0 aromatic carbocycles. The van der Waals surface area contributed by atoms with Gasteiger partial charge in [0, 0.05) is 29.9 Å². The van der Waals surface area contributed by atoms with Crippen LogP contribution in [0.15, 0.2) is 28.7 Å². The van der Waals surface area contributed by atoms with Crippen LogP contribution < -0.4 is 0 Å². The van der Waals surface area contributed by atoms with Gasteiger partial charge in [-0.25, -0.2) is 19.4 Å². The topological polar surface area (TPSA) is 139 Å². The summed E-state index contributed by atoms with van der Waals surface area (Å²) >= 11 is 8.72. The van der Waals surface area contributed by atoms with Crippen molar-refractivity contribution in [3.63, 3.8) is 0 Å². The Bertz CT molecular complexity index is 1250. The van der Waals surface area contributed by atoms with Crippen LogP contribution in [0.1, 0.15) is 37.3 Å². The zero-order chi connectivity index (χ0) is 26.0. The van der Waals surface area contributed by atoms with Crippen LogP contribution in [-0.2, 0) is 19.0 Å². The number of pyridine rings is 1. The van der Waals surface area contributed by atoms with E-state index in [1.807, 2.05) is 13.8 Å². The SMILES string of the molecule is COC(=O)c1ncc(Cl)cc1S[C@H]1OC(COC(C)=O)[C@H](C)[C@H](n2cc(-c3nc(O)cs3)nn2)C1C. The Kier molecular flexibility index (Phi) is 8.13. The molecule has 0 bridgehead atoms. The van der Waals surface area contributed by atoms with Crippen LogP contribution in [0, 0.1) is 11.8 Å². The lowest BCUT2D eigenvalue weighted by Crippen LogP contribution is -2.47. The maximum absolute atomic E-state index is 12.3. The van der Waals surface area contributed by atoms with E-state index in [0.717, 1.165) is 0 Å². The van der Waals surface area contributed by atoms with E-state index < -0.39 is 23.5 Å². The average molecular weight is 554 g/mol. The molecule has 1 saturated heterocycles. The predicted octanol–water partition coefficient (Wildman–Crippen LogP) is 3.84. The third-order valence-corrected chi connectivity index (χ3v) is 8.22. The van der Waals surface area contributed by atoms with Crippen LogP contribution in [0.3, 0.4) is 0 Å². The summed E-state index contributed by atoms with van der Waals surface area (Å²) in [5.41, 5.74) is 0.173. The van der Waals surface area contributed by atoms with Gasteiger partial charge in [-0.05, 0) is 6.07 Å². The molecule has 5 atom stereocenters. The van der Waals surface area contributed by atoms with E-state index in [1.54, 1.807) is 16.9 Å². The molecule has 11 nitrogen and oxygen atoms in total. The standard InChI is InChI=1S/C22H24ClN5O6S2/c1-10-15(8-33-12(3)29)34-22(36-16-5-13(23)6-24-18(16)21(31)32-4)11(2)19(10)28-7-14(26-27-28)20-25-17(30)9-35-20/h5-7,9-11,15,19,22,30H,8H2,1-4H3/t10-,11?,15?,19-,22+/m0/s1. The summed E-state index contributed by atoms with van der Waals surface area (Å²) in [6, 6.07) is 1.43. The minimum atomic E-state index is -0.591. The molecule has 1 fully saturated rings. The van der Waals surface area contributed by atoms with Gasteiger partial charge in [0.05, 0.1) is 35.9 Å². The van der Waals surface area contributed by atoms with Crippen LogP contribution in [0.2, 0.25) is 5.02 Å². The highest BCUT2D eigenvalue weighted by atomic mass is 35.5. The number of ether oxygens (including phenoxy) is 3. The van der Waals surface area contributed by atoms with Crippen molar-refractivity contribution in [2.24, 2.45) is 11.8 Å². The van der Waals surface area contributed by atoms with Crippen molar-refractivity contribution >= 4 is 46.6 Å². The number of methoxy groups -OCH3 is 1. The Balaban J connectivity index is 1.67. The molecule has 0 saturated carbocycles. The molecule has 2 unspecified atom stereocenters. The summed E-state index contributed by atoms with van der Waals surface area (Å²) < 4.78 is 18.3. The minimum absolute atomic E-state index is 0.0519. The van der Waals surface area contributed by atoms with Crippen LogP contribution >= 0.6 is 34.7 Å². The molecule has 0 aliphatic carbocycles. The molecule has 36 heavy (non-hydrogen) atoms. The molecule has 192 valence electrons. The van der Waals surface area contributed by atoms with Gasteiger partial charge < -0.3 is 19.3 Å². The molecule has 1 aliphatic heterocycles. The molecule has 3 aromatic rings. The van der Waals surface area contributed by atoms with Gasteiger partial charge in [0.2, 0.25) is 5.88 Å². The first kappa shape index (κ1) is 26.3. The maximum atomic E-state index is 12.3. The van der Waals surface area contributed by atoms with Gasteiger partial charge >= 0.3 is 11.9 Å². The second-order valence-electron chi connectivity index (χ2n) is 8.26. The fraction of sp³-hybridized carbons (Fsp3) is 0.455. The number of thiazole rings is 1. The van der Waals surface area contributed by atoms with E-state index >= 15 is 0 Å². The number of halogens is 1. The van der Waals surface area contributed by atoms with Crippen molar-refractivity contribution in [3.8, 4) is 16.6 Å². The van der Waals surface area contributed by atoms with Crippen molar-refractivity contribution in [1.29, 1.82) is 0 Å². The molecule has 1 aliphatic rings. The lowest BCUT2D eigenvalue weighted by atomic mass is 9.84. The number of hydrogen-bond donors (Lipinski definition) is 1. The quantitative estimate of drug-likeness (QED) is 0.427. The van der Waals surface area contributed by atoms with Crippen molar-refractivity contribution in [1.82, 2.24) is 25.0 Å². The summed E-state index contributed by atoms with van der Waals surface area (Å²) in [6.45, 7) is 5.39. The average Bonchev–Trinajstić information content (AvgIpc) is 3.49. The highest BCUT2D eigenvalue weighted by molar-refractivity contribution is 7.99. The number of esters is 2. The van der Waals surface area contributed by atoms with Gasteiger partial charge in [-0.2, -0.15) is 0 Å². The second kappa shape index (κ2) is 11.1. The van der Waals surface area contributed by atoms with Gasteiger partial charge in [0.15, 0.2) is 5.69 Å². The van der Waals surface area contributed by atoms with Crippen LogP contribution in [-0.4, -0.2) is 67.3 Å². The van der Waals surface area contributed by atoms with E-state index in [2.05, 4.69) is 20.3 Å². The molecule has 0 spiro atoms. The second-order valence-corrected chi connectivity index (χ2v) is 10.7. The number of carbonyl (C=O) groups is 2. The first-order chi connectivity index (χ1) is 17.2. The van der Waals surface area contributed by atoms with Crippen molar-refractivity contribution in [2.45, 2.75) is 43.2 Å². The largest absolute Gasteiger partial charge is 0.493 e. The lowest BCUT2D eigenvalue weighted by Gasteiger charge is -2.44. The number of hydrogen-bond acceptors (Lipinski definition) is 12. The Morgan fingerprint density at radius 2 is 2.11 bits per heavy atom. The molecule has 0 amide bonds. The normalized spacial score (nSPS) is 23.9.